The molecule has 0 spiro atoms. The lowest BCUT2D eigenvalue weighted by molar-refractivity contribution is -0.133. The highest BCUT2D eigenvalue weighted by Crippen LogP contribution is 2.05. The summed E-state index contributed by atoms with van der Waals surface area (Å²) >= 11 is 0. The monoisotopic (exact) mass is 726 g/mol. The van der Waals surface area contributed by atoms with Crippen molar-refractivity contribution in [2.24, 2.45) is 17.2 Å². The fraction of sp³-hybridized carbons (Fsp3) is 0.700. The van der Waals surface area contributed by atoms with Gasteiger partial charge in [0.2, 0.25) is 53.2 Å². The zero-order valence-corrected chi connectivity index (χ0v) is 28.9. The molecule has 9 amide bonds. The van der Waals surface area contributed by atoms with Crippen molar-refractivity contribution in [1.82, 2.24) is 47.9 Å². The van der Waals surface area contributed by atoms with E-state index in [2.05, 4.69) is 47.9 Å². The Morgan fingerprint density at radius 1 is 0.471 bits per heavy atom. The molecule has 3 atom stereocenters. The third-order valence-electron chi connectivity index (χ3n) is 7.51. The van der Waals surface area contributed by atoms with Gasteiger partial charge in [-0.25, -0.2) is 0 Å². The Morgan fingerprint density at radius 3 is 0.961 bits per heavy atom. The van der Waals surface area contributed by atoms with E-state index in [-0.39, 0.29) is 76.3 Å². The van der Waals surface area contributed by atoms with Crippen LogP contribution in [0.5, 0.6) is 0 Å². The molecule has 1 heterocycles. The maximum absolute atomic E-state index is 13.1. The van der Waals surface area contributed by atoms with E-state index in [1.165, 1.54) is 0 Å². The summed E-state index contributed by atoms with van der Waals surface area (Å²) in [6.45, 7) is -1.30. The number of nitrogens with two attached hydrogens (primary N) is 3. The van der Waals surface area contributed by atoms with Crippen LogP contribution in [0.2, 0.25) is 0 Å². The van der Waals surface area contributed by atoms with Gasteiger partial charge >= 0.3 is 0 Å². The molecule has 15 N–H and O–H groups in total. The Balaban J connectivity index is 3.10. The third-order valence-corrected chi connectivity index (χ3v) is 7.51. The Bertz CT molecular complexity index is 1060. The fourth-order valence-corrected chi connectivity index (χ4v) is 4.73. The fourth-order valence-electron chi connectivity index (χ4n) is 4.73. The van der Waals surface area contributed by atoms with E-state index in [9.17, 15) is 43.2 Å². The molecule has 0 bridgehead atoms. The predicted octanol–water partition coefficient (Wildman–Crippen LogP) is -6.46. The van der Waals surface area contributed by atoms with Gasteiger partial charge in [-0.05, 0) is 57.8 Å². The van der Waals surface area contributed by atoms with Gasteiger partial charge in [-0.2, -0.15) is 0 Å². The molecule has 1 rings (SSSR count). The van der Waals surface area contributed by atoms with Crippen LogP contribution in [-0.2, 0) is 43.2 Å². The first-order valence-electron chi connectivity index (χ1n) is 17.0. The minimum absolute atomic E-state index is 0.122. The lowest BCUT2D eigenvalue weighted by Crippen LogP contribution is -2.56. The Hall–Kier alpha value is -4.89. The minimum atomic E-state index is -1.12. The van der Waals surface area contributed by atoms with E-state index >= 15 is 0 Å². The maximum atomic E-state index is 13.1. The lowest BCUT2D eigenvalue weighted by Gasteiger charge is -2.22. The van der Waals surface area contributed by atoms with E-state index in [0.717, 1.165) is 0 Å². The van der Waals surface area contributed by atoms with Crippen LogP contribution >= 0.6 is 0 Å². The van der Waals surface area contributed by atoms with Gasteiger partial charge in [0.15, 0.2) is 0 Å². The highest BCUT2D eigenvalue weighted by atomic mass is 16.2. The van der Waals surface area contributed by atoms with Crippen LogP contribution in [0.4, 0.5) is 0 Å². The summed E-state index contributed by atoms with van der Waals surface area (Å²) in [7, 11) is 0. The average molecular weight is 727 g/mol. The zero-order valence-electron chi connectivity index (χ0n) is 28.9. The van der Waals surface area contributed by atoms with Crippen LogP contribution in [0.15, 0.2) is 0 Å². The molecule has 1 aliphatic rings. The highest BCUT2D eigenvalue weighted by molar-refractivity contribution is 5.96. The molecule has 1 fully saturated rings. The Morgan fingerprint density at radius 2 is 0.725 bits per heavy atom. The smallest absolute Gasteiger partial charge is 0.243 e. The van der Waals surface area contributed by atoms with E-state index in [0.29, 0.717) is 38.5 Å². The molecule has 3 unspecified atom stereocenters. The number of carbonyl (C=O) groups is 9. The summed E-state index contributed by atoms with van der Waals surface area (Å²) in [6.07, 6.45) is 2.87. The molecular weight excluding hydrogens is 672 g/mol. The van der Waals surface area contributed by atoms with Crippen molar-refractivity contribution in [2.75, 3.05) is 58.9 Å². The van der Waals surface area contributed by atoms with Gasteiger partial charge in [-0.1, -0.05) is 0 Å². The highest BCUT2D eigenvalue weighted by Gasteiger charge is 2.26. The van der Waals surface area contributed by atoms with Crippen molar-refractivity contribution in [3.05, 3.63) is 0 Å². The second-order valence-corrected chi connectivity index (χ2v) is 11.7. The SMILES string of the molecule is NCC(=O)NCCCCC1NC(=O)CNC(=O)C(CCCCNC(=O)CN)NC(=O)CNC(=O)C(CCCCNC(=O)CN)NC(=O)CNC1=O. The van der Waals surface area contributed by atoms with Crippen molar-refractivity contribution in [2.45, 2.75) is 75.9 Å². The quantitative estimate of drug-likeness (QED) is 0.0587. The zero-order chi connectivity index (χ0) is 38.0. The minimum Gasteiger partial charge on any atom is -0.355 e. The van der Waals surface area contributed by atoms with Crippen LogP contribution < -0.4 is 65.1 Å². The number of carbonyl (C=O) groups excluding carboxylic acids is 9. The molecule has 0 aromatic heterocycles. The Labute approximate surface area is 296 Å². The predicted molar refractivity (Wildman–Crippen MR) is 183 cm³/mol. The third kappa shape index (κ3) is 20.4. The summed E-state index contributed by atoms with van der Waals surface area (Å²) in [5.41, 5.74) is 15.8. The number of rotatable bonds is 18. The average Bonchev–Trinajstić information content (AvgIpc) is 3.12. The van der Waals surface area contributed by atoms with Crippen LogP contribution in [0.1, 0.15) is 57.8 Å². The first-order valence-corrected chi connectivity index (χ1v) is 17.0. The lowest BCUT2D eigenvalue weighted by atomic mass is 10.1. The molecule has 51 heavy (non-hydrogen) atoms. The van der Waals surface area contributed by atoms with E-state index < -0.39 is 73.2 Å². The molecule has 1 aliphatic heterocycles. The first kappa shape index (κ1) is 44.1. The molecule has 0 aromatic rings. The van der Waals surface area contributed by atoms with Crippen molar-refractivity contribution in [3.8, 4) is 0 Å². The number of amides is 9. The Kier molecular flexibility index (Phi) is 22.5. The summed E-state index contributed by atoms with van der Waals surface area (Å²) < 4.78 is 0. The van der Waals surface area contributed by atoms with Gasteiger partial charge < -0.3 is 65.1 Å². The van der Waals surface area contributed by atoms with Crippen molar-refractivity contribution in [1.29, 1.82) is 0 Å². The molecule has 21 nitrogen and oxygen atoms in total. The van der Waals surface area contributed by atoms with Gasteiger partial charge in [-0.3, -0.25) is 43.2 Å². The van der Waals surface area contributed by atoms with Gasteiger partial charge in [0, 0.05) is 19.6 Å². The molecule has 0 saturated carbocycles. The van der Waals surface area contributed by atoms with E-state index in [4.69, 9.17) is 17.2 Å². The van der Waals surface area contributed by atoms with Crippen LogP contribution in [0.3, 0.4) is 0 Å². The summed E-state index contributed by atoms with van der Waals surface area (Å²) in [5.74, 6) is -5.27. The summed E-state index contributed by atoms with van der Waals surface area (Å²) in [4.78, 5) is 112. The van der Waals surface area contributed by atoms with Crippen molar-refractivity contribution >= 4 is 53.2 Å². The number of hydrogen-bond donors (Lipinski definition) is 12. The standard InChI is InChI=1S/C30H54N12O9/c31-13-22(43)34-10-4-1-7-19-28(49)37-17-26(47)41-21(9-3-6-12-36-24(45)15-33)30(51)39-18-27(48)42-20(29(50)38-16-25(46)40-19)8-2-5-11-35-23(44)14-32/h19-21H,1-18,31-33H2,(H,34,43)(H,35,44)(H,36,45)(H,37,49)(H,38,50)(H,39,51)(H,40,46)(H,41,47)(H,42,48). The maximum Gasteiger partial charge on any atom is 0.243 e. The van der Waals surface area contributed by atoms with Gasteiger partial charge in [0.05, 0.1) is 39.3 Å². The van der Waals surface area contributed by atoms with Gasteiger partial charge in [0.25, 0.3) is 0 Å². The van der Waals surface area contributed by atoms with Gasteiger partial charge in [0.1, 0.15) is 18.1 Å². The van der Waals surface area contributed by atoms with E-state index in [1.54, 1.807) is 0 Å². The van der Waals surface area contributed by atoms with Crippen LogP contribution in [-0.4, -0.2) is 130 Å². The molecule has 21 heteroatoms. The molecule has 288 valence electrons. The van der Waals surface area contributed by atoms with Crippen LogP contribution in [0.25, 0.3) is 0 Å². The number of hydrogen-bond acceptors (Lipinski definition) is 12. The number of unbranched alkanes of at least 4 members (excludes halogenated alkanes) is 3. The molecular formula is C30H54N12O9. The molecule has 0 aromatic carbocycles. The van der Waals surface area contributed by atoms with Crippen molar-refractivity contribution < 1.29 is 43.2 Å². The van der Waals surface area contributed by atoms with Crippen LogP contribution in [0, 0.1) is 0 Å². The normalized spacial score (nSPS) is 19.5. The second-order valence-electron chi connectivity index (χ2n) is 11.7. The van der Waals surface area contributed by atoms with E-state index in [1.807, 2.05) is 0 Å². The van der Waals surface area contributed by atoms with Crippen molar-refractivity contribution in [3.63, 3.8) is 0 Å². The molecule has 0 radical (unpaired) electrons. The summed E-state index contributed by atoms with van der Waals surface area (Å²) in [6, 6.07) is -3.35. The summed E-state index contributed by atoms with van der Waals surface area (Å²) in [5, 5.41) is 22.8. The first-order chi connectivity index (χ1) is 24.4. The second kappa shape index (κ2) is 26.0. The van der Waals surface area contributed by atoms with Gasteiger partial charge in [-0.15, -0.1) is 0 Å². The topological polar surface area (TPSA) is 340 Å². The molecule has 0 aliphatic carbocycles. The largest absolute Gasteiger partial charge is 0.355 e. The number of nitrogens with one attached hydrogen (secondary N) is 9. The molecule has 1 saturated heterocycles.